The van der Waals surface area contributed by atoms with Crippen LogP contribution in [0, 0.1) is 0 Å². The van der Waals surface area contributed by atoms with Crippen molar-refractivity contribution in [3.8, 4) is 11.5 Å². The third-order valence-electron chi connectivity index (χ3n) is 4.04. The standard InChI is InChI=1S/C15H21NO9/c17-5-10-11(20)12(21)13(22)14(25-10)16-7(15(23)24)3-6-1-2-8(18)9(19)4-6/h1-2,4,7,10-14,16-22H,3,5H2,(H,23,24)/t7?,10-,11-,12+,13-,14+/m1/s1. The number of ether oxygens (including phenoxy) is 1. The number of aliphatic hydroxyl groups is 4. The van der Waals surface area contributed by atoms with Gasteiger partial charge in [-0.1, -0.05) is 6.07 Å². The second-order valence-electron chi connectivity index (χ2n) is 5.83. The minimum Gasteiger partial charge on any atom is -0.504 e. The lowest BCUT2D eigenvalue weighted by atomic mass is 9.97. The first kappa shape index (κ1) is 19.4. The van der Waals surface area contributed by atoms with Crippen LogP contribution in [-0.2, 0) is 16.0 Å². The number of aromatic hydroxyl groups is 2. The van der Waals surface area contributed by atoms with Gasteiger partial charge < -0.3 is 40.5 Å². The van der Waals surface area contributed by atoms with Gasteiger partial charge >= 0.3 is 5.97 Å². The van der Waals surface area contributed by atoms with E-state index >= 15 is 0 Å². The number of benzene rings is 1. The lowest BCUT2D eigenvalue weighted by molar-refractivity contribution is -0.238. The van der Waals surface area contributed by atoms with Crippen LogP contribution in [0.1, 0.15) is 5.56 Å². The molecule has 10 nitrogen and oxygen atoms in total. The number of hydrogen-bond donors (Lipinski definition) is 8. The zero-order valence-corrected chi connectivity index (χ0v) is 13.1. The van der Waals surface area contributed by atoms with Crippen LogP contribution in [-0.4, -0.2) is 85.0 Å². The quantitative estimate of drug-likeness (QED) is 0.253. The van der Waals surface area contributed by atoms with Crippen LogP contribution in [0.2, 0.25) is 0 Å². The summed E-state index contributed by atoms with van der Waals surface area (Å²) in [6.07, 6.45) is -7.43. The normalized spacial score (nSPS) is 30.8. The lowest BCUT2D eigenvalue weighted by Crippen LogP contribution is -2.64. The van der Waals surface area contributed by atoms with Gasteiger partial charge in [0.15, 0.2) is 11.5 Å². The molecule has 0 spiro atoms. The van der Waals surface area contributed by atoms with E-state index in [0.717, 1.165) is 0 Å². The van der Waals surface area contributed by atoms with Crippen LogP contribution < -0.4 is 5.32 Å². The number of nitrogens with one attached hydrogen (secondary N) is 1. The molecule has 0 amide bonds. The van der Waals surface area contributed by atoms with E-state index in [1.54, 1.807) is 0 Å². The molecule has 0 aliphatic carbocycles. The monoisotopic (exact) mass is 359 g/mol. The summed E-state index contributed by atoms with van der Waals surface area (Å²) in [5.41, 5.74) is 0.389. The number of rotatable bonds is 6. The summed E-state index contributed by atoms with van der Waals surface area (Å²) in [6.45, 7) is -0.632. The van der Waals surface area contributed by atoms with Crippen molar-refractivity contribution in [2.24, 2.45) is 0 Å². The Kier molecular flexibility index (Phi) is 6.16. The predicted octanol–water partition coefficient (Wildman–Crippen LogP) is -2.52. The lowest BCUT2D eigenvalue weighted by Gasteiger charge is -2.41. The summed E-state index contributed by atoms with van der Waals surface area (Å²) in [7, 11) is 0. The Morgan fingerprint density at radius 2 is 1.80 bits per heavy atom. The Morgan fingerprint density at radius 1 is 1.12 bits per heavy atom. The number of carboxylic acids is 1. The summed E-state index contributed by atoms with van der Waals surface area (Å²) in [4.78, 5) is 11.5. The van der Waals surface area contributed by atoms with Crippen LogP contribution >= 0.6 is 0 Å². The van der Waals surface area contributed by atoms with E-state index in [0.29, 0.717) is 5.56 Å². The molecular weight excluding hydrogens is 338 g/mol. The van der Waals surface area contributed by atoms with E-state index in [4.69, 9.17) is 9.84 Å². The molecule has 0 saturated carbocycles. The molecule has 1 heterocycles. The smallest absolute Gasteiger partial charge is 0.321 e. The van der Waals surface area contributed by atoms with Gasteiger partial charge in [-0.2, -0.15) is 0 Å². The van der Waals surface area contributed by atoms with Gasteiger partial charge in [0.2, 0.25) is 0 Å². The fourth-order valence-electron chi connectivity index (χ4n) is 2.59. The third kappa shape index (κ3) is 4.37. The largest absolute Gasteiger partial charge is 0.504 e. The van der Waals surface area contributed by atoms with Gasteiger partial charge in [-0.05, 0) is 24.1 Å². The molecule has 1 fully saturated rings. The van der Waals surface area contributed by atoms with Gasteiger partial charge in [-0.15, -0.1) is 0 Å². The molecule has 1 aromatic rings. The number of aliphatic carboxylic acids is 1. The highest BCUT2D eigenvalue weighted by molar-refractivity contribution is 5.74. The molecule has 1 saturated heterocycles. The van der Waals surface area contributed by atoms with Crippen molar-refractivity contribution < 1.29 is 45.3 Å². The van der Waals surface area contributed by atoms with Crippen molar-refractivity contribution in [1.82, 2.24) is 5.32 Å². The van der Waals surface area contributed by atoms with Crippen LogP contribution in [0.3, 0.4) is 0 Å². The SMILES string of the molecule is O=C(O)C(Cc1ccc(O)c(O)c1)N[C@H]1O[C@H](CO)[C@@H](O)[C@H](O)[C@H]1O. The average molecular weight is 359 g/mol. The highest BCUT2D eigenvalue weighted by atomic mass is 16.6. The van der Waals surface area contributed by atoms with Crippen LogP contribution in [0.25, 0.3) is 0 Å². The molecule has 2 rings (SSSR count). The number of phenols is 2. The number of aliphatic hydroxyl groups excluding tert-OH is 4. The van der Waals surface area contributed by atoms with Gasteiger partial charge in [0.05, 0.1) is 6.61 Å². The molecule has 0 aromatic heterocycles. The van der Waals surface area contributed by atoms with E-state index in [1.165, 1.54) is 18.2 Å². The molecule has 25 heavy (non-hydrogen) atoms. The summed E-state index contributed by atoms with van der Waals surface area (Å²) in [6, 6.07) is 2.54. The molecule has 1 aromatic carbocycles. The molecule has 1 aliphatic rings. The zero-order valence-electron chi connectivity index (χ0n) is 13.1. The van der Waals surface area contributed by atoms with Crippen molar-refractivity contribution in [1.29, 1.82) is 0 Å². The molecule has 1 unspecified atom stereocenters. The molecular formula is C15H21NO9. The summed E-state index contributed by atoms with van der Waals surface area (Å²) in [5, 5.41) is 69.2. The van der Waals surface area contributed by atoms with Gasteiger partial charge in [0.1, 0.15) is 36.7 Å². The highest BCUT2D eigenvalue weighted by Crippen LogP contribution is 2.26. The number of carbonyl (C=O) groups is 1. The van der Waals surface area contributed by atoms with Crippen molar-refractivity contribution >= 4 is 5.97 Å². The summed E-state index contributed by atoms with van der Waals surface area (Å²) >= 11 is 0. The Bertz CT molecular complexity index is 609. The number of carboxylic acid groups (broad SMARTS) is 1. The number of hydrogen-bond acceptors (Lipinski definition) is 9. The Morgan fingerprint density at radius 3 is 2.36 bits per heavy atom. The summed E-state index contributed by atoms with van der Waals surface area (Å²) in [5.74, 6) is -2.04. The molecule has 6 atom stereocenters. The topological polar surface area (TPSA) is 180 Å². The van der Waals surface area contributed by atoms with E-state index in [-0.39, 0.29) is 12.2 Å². The van der Waals surface area contributed by atoms with E-state index in [9.17, 15) is 35.4 Å². The van der Waals surface area contributed by atoms with E-state index in [2.05, 4.69) is 5.32 Å². The van der Waals surface area contributed by atoms with Gasteiger partial charge in [-0.25, -0.2) is 0 Å². The van der Waals surface area contributed by atoms with Crippen LogP contribution in [0.4, 0.5) is 0 Å². The maximum absolute atomic E-state index is 11.5. The fraction of sp³-hybridized carbons (Fsp3) is 0.533. The first-order valence-electron chi connectivity index (χ1n) is 7.54. The van der Waals surface area contributed by atoms with Gasteiger partial charge in [0, 0.05) is 0 Å². The maximum atomic E-state index is 11.5. The second kappa shape index (κ2) is 7.95. The average Bonchev–Trinajstić information content (AvgIpc) is 2.57. The first-order chi connectivity index (χ1) is 11.7. The van der Waals surface area contributed by atoms with Gasteiger partial charge in [0.25, 0.3) is 0 Å². The molecule has 8 N–H and O–H groups in total. The molecule has 0 radical (unpaired) electrons. The zero-order chi connectivity index (χ0) is 18.7. The maximum Gasteiger partial charge on any atom is 0.321 e. The van der Waals surface area contributed by atoms with Crippen molar-refractivity contribution in [2.75, 3.05) is 6.61 Å². The fourth-order valence-corrected chi connectivity index (χ4v) is 2.59. The van der Waals surface area contributed by atoms with Crippen LogP contribution in [0.5, 0.6) is 11.5 Å². The van der Waals surface area contributed by atoms with Crippen molar-refractivity contribution in [3.05, 3.63) is 23.8 Å². The predicted molar refractivity (Wildman–Crippen MR) is 81.8 cm³/mol. The van der Waals surface area contributed by atoms with Crippen molar-refractivity contribution in [3.63, 3.8) is 0 Å². The van der Waals surface area contributed by atoms with Crippen LogP contribution in [0.15, 0.2) is 18.2 Å². The minimum atomic E-state index is -1.63. The Hall–Kier alpha value is -1.95. The number of phenolic OH excluding ortho intramolecular Hbond substituents is 2. The highest BCUT2D eigenvalue weighted by Gasteiger charge is 2.44. The molecule has 140 valence electrons. The van der Waals surface area contributed by atoms with E-state index in [1.807, 2.05) is 0 Å². The van der Waals surface area contributed by atoms with E-state index < -0.39 is 55.0 Å². The molecule has 1 aliphatic heterocycles. The molecule has 10 heteroatoms. The Labute approximate surface area is 142 Å². The summed E-state index contributed by atoms with van der Waals surface area (Å²) < 4.78 is 5.22. The second-order valence-corrected chi connectivity index (χ2v) is 5.83. The van der Waals surface area contributed by atoms with Crippen molar-refractivity contribution in [2.45, 2.75) is 43.1 Å². The molecule has 0 bridgehead atoms. The van der Waals surface area contributed by atoms with Gasteiger partial charge in [-0.3, -0.25) is 10.1 Å². The minimum absolute atomic E-state index is 0.127. The first-order valence-corrected chi connectivity index (χ1v) is 7.54. The third-order valence-corrected chi connectivity index (χ3v) is 4.04. The Balaban J connectivity index is 2.12.